The minimum absolute atomic E-state index is 0.585. The lowest BCUT2D eigenvalue weighted by atomic mass is 10.3. The summed E-state index contributed by atoms with van der Waals surface area (Å²) in [5.41, 5.74) is 8.32. The SMILES string of the molecule is C(=N\Nc1ccccc1)/C(=N\Nc1ccccc1)c1ccco1. The zero-order valence-electron chi connectivity index (χ0n) is 12.4. The molecule has 0 fully saturated rings. The van der Waals surface area contributed by atoms with Gasteiger partial charge in [-0.15, -0.1) is 0 Å². The first-order valence-electron chi connectivity index (χ1n) is 7.18. The van der Waals surface area contributed by atoms with Gasteiger partial charge >= 0.3 is 0 Å². The van der Waals surface area contributed by atoms with E-state index in [4.69, 9.17) is 4.42 Å². The highest BCUT2D eigenvalue weighted by molar-refractivity contribution is 6.37. The topological polar surface area (TPSA) is 61.9 Å². The molecule has 0 aliphatic carbocycles. The Bertz CT molecular complexity index is 765. The average molecular weight is 304 g/mol. The molecule has 1 heterocycles. The Labute approximate surface area is 134 Å². The van der Waals surface area contributed by atoms with E-state index in [-0.39, 0.29) is 0 Å². The van der Waals surface area contributed by atoms with Gasteiger partial charge in [0.2, 0.25) is 0 Å². The number of furan rings is 1. The van der Waals surface area contributed by atoms with E-state index in [0.29, 0.717) is 11.5 Å². The van der Waals surface area contributed by atoms with Crippen LogP contribution in [0.25, 0.3) is 0 Å². The van der Waals surface area contributed by atoms with Crippen LogP contribution < -0.4 is 10.9 Å². The van der Waals surface area contributed by atoms with E-state index in [0.717, 1.165) is 11.4 Å². The molecule has 0 radical (unpaired) electrons. The average Bonchev–Trinajstić information content (AvgIpc) is 3.14. The first-order chi connectivity index (χ1) is 11.4. The van der Waals surface area contributed by atoms with E-state index in [2.05, 4.69) is 21.1 Å². The predicted molar refractivity (Wildman–Crippen MR) is 93.9 cm³/mol. The number of hydrogen-bond acceptors (Lipinski definition) is 5. The third-order valence-corrected chi connectivity index (χ3v) is 3.01. The van der Waals surface area contributed by atoms with Crippen molar-refractivity contribution in [1.29, 1.82) is 0 Å². The van der Waals surface area contributed by atoms with Gasteiger partial charge in [-0.2, -0.15) is 10.2 Å². The Balaban J connectivity index is 1.74. The second kappa shape index (κ2) is 7.61. The van der Waals surface area contributed by atoms with Crippen molar-refractivity contribution in [3.63, 3.8) is 0 Å². The van der Waals surface area contributed by atoms with Crippen molar-refractivity contribution in [2.24, 2.45) is 10.2 Å². The van der Waals surface area contributed by atoms with Gasteiger partial charge in [0.05, 0.1) is 23.9 Å². The number of nitrogens with zero attached hydrogens (tertiary/aromatic N) is 2. The molecule has 2 aromatic carbocycles. The molecule has 114 valence electrons. The van der Waals surface area contributed by atoms with Crippen LogP contribution >= 0.6 is 0 Å². The molecule has 3 rings (SSSR count). The Morgan fingerprint density at radius 2 is 1.43 bits per heavy atom. The molecule has 0 aliphatic rings. The molecule has 0 spiro atoms. The lowest BCUT2D eigenvalue weighted by Crippen LogP contribution is -2.06. The zero-order valence-corrected chi connectivity index (χ0v) is 12.4. The van der Waals surface area contributed by atoms with Crippen molar-refractivity contribution in [3.05, 3.63) is 84.8 Å². The monoisotopic (exact) mass is 304 g/mol. The Morgan fingerprint density at radius 1 is 0.783 bits per heavy atom. The first-order valence-corrected chi connectivity index (χ1v) is 7.18. The quantitative estimate of drug-likeness (QED) is 0.530. The van der Waals surface area contributed by atoms with Crippen LogP contribution in [0.4, 0.5) is 11.4 Å². The number of rotatable bonds is 6. The van der Waals surface area contributed by atoms with Gasteiger partial charge in [-0.3, -0.25) is 10.9 Å². The second-order valence-electron chi connectivity index (χ2n) is 4.69. The highest BCUT2D eigenvalue weighted by atomic mass is 16.3. The lowest BCUT2D eigenvalue weighted by molar-refractivity contribution is 0.559. The van der Waals surface area contributed by atoms with Crippen LogP contribution in [0.3, 0.4) is 0 Å². The Kier molecular flexibility index (Phi) is 4.83. The van der Waals surface area contributed by atoms with Crippen LogP contribution in [0.5, 0.6) is 0 Å². The summed E-state index contributed by atoms with van der Waals surface area (Å²) < 4.78 is 5.40. The zero-order chi connectivity index (χ0) is 15.7. The second-order valence-corrected chi connectivity index (χ2v) is 4.69. The van der Waals surface area contributed by atoms with Gasteiger partial charge in [-0.05, 0) is 36.4 Å². The maximum Gasteiger partial charge on any atom is 0.155 e. The molecular weight excluding hydrogens is 288 g/mol. The molecule has 5 nitrogen and oxygen atoms in total. The maximum absolute atomic E-state index is 5.40. The number of anilines is 2. The van der Waals surface area contributed by atoms with Gasteiger partial charge in [0.15, 0.2) is 5.76 Å². The molecule has 0 bridgehead atoms. The normalized spacial score (nSPS) is 11.6. The van der Waals surface area contributed by atoms with Crippen LogP contribution in [0.2, 0.25) is 0 Å². The molecule has 2 N–H and O–H groups in total. The fourth-order valence-electron chi connectivity index (χ4n) is 1.89. The van der Waals surface area contributed by atoms with Crippen molar-refractivity contribution < 1.29 is 4.42 Å². The molecule has 23 heavy (non-hydrogen) atoms. The van der Waals surface area contributed by atoms with E-state index in [9.17, 15) is 0 Å². The molecule has 0 saturated heterocycles. The predicted octanol–water partition coefficient (Wildman–Crippen LogP) is 4.19. The van der Waals surface area contributed by atoms with E-state index in [1.54, 1.807) is 12.5 Å². The summed E-state index contributed by atoms with van der Waals surface area (Å²) in [4.78, 5) is 0. The van der Waals surface area contributed by atoms with Gasteiger partial charge < -0.3 is 4.42 Å². The summed E-state index contributed by atoms with van der Waals surface area (Å²) in [5.74, 6) is 0.632. The summed E-state index contributed by atoms with van der Waals surface area (Å²) >= 11 is 0. The van der Waals surface area contributed by atoms with E-state index >= 15 is 0 Å². The highest BCUT2D eigenvalue weighted by Crippen LogP contribution is 2.08. The molecule has 0 atom stereocenters. The van der Waals surface area contributed by atoms with Gasteiger partial charge in [0, 0.05) is 0 Å². The maximum atomic E-state index is 5.40. The van der Waals surface area contributed by atoms with Crippen molar-refractivity contribution in [1.82, 2.24) is 0 Å². The summed E-state index contributed by atoms with van der Waals surface area (Å²) in [5, 5.41) is 8.56. The molecule has 0 amide bonds. The minimum atomic E-state index is 0.585. The summed E-state index contributed by atoms with van der Waals surface area (Å²) in [6.45, 7) is 0. The van der Waals surface area contributed by atoms with Crippen molar-refractivity contribution >= 4 is 23.3 Å². The van der Waals surface area contributed by atoms with Gasteiger partial charge in [0.25, 0.3) is 0 Å². The fraction of sp³-hybridized carbons (Fsp3) is 0. The summed E-state index contributed by atoms with van der Waals surface area (Å²) in [6, 6.07) is 23.0. The number of benzene rings is 2. The third-order valence-electron chi connectivity index (χ3n) is 3.01. The fourth-order valence-corrected chi connectivity index (χ4v) is 1.89. The summed E-state index contributed by atoms with van der Waals surface area (Å²) in [6.07, 6.45) is 3.22. The molecular formula is C18H16N4O. The smallest absolute Gasteiger partial charge is 0.155 e. The van der Waals surface area contributed by atoms with Crippen LogP contribution in [-0.4, -0.2) is 11.9 Å². The largest absolute Gasteiger partial charge is 0.463 e. The van der Waals surface area contributed by atoms with E-state index < -0.39 is 0 Å². The number of hydrazone groups is 2. The molecule has 3 aromatic rings. The van der Waals surface area contributed by atoms with Crippen molar-refractivity contribution in [3.8, 4) is 0 Å². The van der Waals surface area contributed by atoms with E-state index in [1.165, 1.54) is 0 Å². The molecule has 5 heteroatoms. The van der Waals surface area contributed by atoms with Crippen LogP contribution in [0.15, 0.2) is 93.7 Å². The first kappa shape index (κ1) is 14.6. The summed E-state index contributed by atoms with van der Waals surface area (Å²) in [7, 11) is 0. The van der Waals surface area contributed by atoms with Gasteiger partial charge in [0.1, 0.15) is 5.71 Å². The Morgan fingerprint density at radius 3 is 2.04 bits per heavy atom. The lowest BCUT2D eigenvalue weighted by Gasteiger charge is -2.02. The van der Waals surface area contributed by atoms with Crippen LogP contribution in [-0.2, 0) is 0 Å². The number of para-hydroxylation sites is 2. The van der Waals surface area contributed by atoms with Crippen LogP contribution in [0.1, 0.15) is 5.76 Å². The highest BCUT2D eigenvalue weighted by Gasteiger charge is 2.04. The minimum Gasteiger partial charge on any atom is -0.463 e. The standard InChI is InChI=1S/C18H16N4O/c1-3-8-15(9-4-1)20-19-14-17(18-12-7-13-23-18)22-21-16-10-5-2-6-11-16/h1-14,20-21H/b19-14+,22-17+. The third kappa shape index (κ3) is 4.31. The van der Waals surface area contributed by atoms with E-state index in [1.807, 2.05) is 72.8 Å². The number of hydrogen-bond donors (Lipinski definition) is 2. The van der Waals surface area contributed by atoms with Gasteiger partial charge in [-0.1, -0.05) is 36.4 Å². The van der Waals surface area contributed by atoms with Gasteiger partial charge in [-0.25, -0.2) is 0 Å². The molecule has 0 aliphatic heterocycles. The van der Waals surface area contributed by atoms with Crippen molar-refractivity contribution in [2.45, 2.75) is 0 Å². The molecule has 0 saturated carbocycles. The van der Waals surface area contributed by atoms with Crippen LogP contribution in [0, 0.1) is 0 Å². The Hall–Kier alpha value is -3.34. The van der Waals surface area contributed by atoms with Crippen molar-refractivity contribution in [2.75, 3.05) is 10.9 Å². The molecule has 0 unspecified atom stereocenters. The molecule has 1 aromatic heterocycles. The number of nitrogens with one attached hydrogen (secondary N) is 2.